The minimum absolute atomic E-state index is 0.621. The van der Waals surface area contributed by atoms with Crippen LogP contribution in [0.5, 0.6) is 5.75 Å². The van der Waals surface area contributed by atoms with E-state index in [9.17, 15) is 0 Å². The molecule has 5 nitrogen and oxygen atoms in total. The Hall–Kier alpha value is -1.46. The van der Waals surface area contributed by atoms with Gasteiger partial charge in [0.25, 0.3) is 0 Å². The van der Waals surface area contributed by atoms with Crippen LogP contribution in [0.15, 0.2) is 12.1 Å². The molecule has 5 heteroatoms. The Bertz CT molecular complexity index is 456. The van der Waals surface area contributed by atoms with Crippen LogP contribution in [0.1, 0.15) is 18.4 Å². The second-order valence-electron chi connectivity index (χ2n) is 5.70. The van der Waals surface area contributed by atoms with Crippen LogP contribution in [0.4, 0.5) is 11.4 Å². The summed E-state index contributed by atoms with van der Waals surface area (Å²) in [7, 11) is 3.69. The van der Waals surface area contributed by atoms with Gasteiger partial charge < -0.3 is 26.0 Å². The highest BCUT2D eigenvalue weighted by atomic mass is 16.5. The number of rotatable bonds is 6. The summed E-state index contributed by atoms with van der Waals surface area (Å²) in [5, 5.41) is 6.77. The summed E-state index contributed by atoms with van der Waals surface area (Å²) in [6.45, 7) is 6.20. The molecule has 1 fully saturated rings. The Balaban J connectivity index is 1.97. The zero-order valence-corrected chi connectivity index (χ0v) is 13.4. The zero-order chi connectivity index (χ0) is 15.2. The van der Waals surface area contributed by atoms with Crippen LogP contribution in [0.2, 0.25) is 0 Å². The van der Waals surface area contributed by atoms with Gasteiger partial charge in [0.05, 0.1) is 12.8 Å². The first-order valence-corrected chi connectivity index (χ1v) is 7.72. The lowest BCUT2D eigenvalue weighted by molar-refractivity contribution is 0.398. The van der Waals surface area contributed by atoms with Crippen molar-refractivity contribution in [2.45, 2.75) is 25.8 Å². The summed E-state index contributed by atoms with van der Waals surface area (Å²) in [5.41, 5.74) is 9.04. The molecule has 1 aromatic carbocycles. The Morgan fingerprint density at radius 1 is 1.29 bits per heavy atom. The number of methoxy groups -OCH3 is 1. The summed E-state index contributed by atoms with van der Waals surface area (Å²) < 4.78 is 5.50. The van der Waals surface area contributed by atoms with Crippen molar-refractivity contribution >= 4 is 11.4 Å². The Morgan fingerprint density at radius 2 is 2.00 bits per heavy atom. The van der Waals surface area contributed by atoms with Crippen LogP contribution in [0, 0.1) is 6.92 Å². The monoisotopic (exact) mass is 292 g/mol. The molecule has 1 saturated heterocycles. The highest BCUT2D eigenvalue weighted by Crippen LogP contribution is 2.34. The number of nitrogens with zero attached hydrogens (tertiary/aromatic N) is 1. The van der Waals surface area contributed by atoms with Crippen molar-refractivity contribution in [3.63, 3.8) is 0 Å². The molecule has 0 bridgehead atoms. The van der Waals surface area contributed by atoms with E-state index in [0.717, 1.165) is 61.7 Å². The van der Waals surface area contributed by atoms with E-state index in [1.54, 1.807) is 7.11 Å². The van der Waals surface area contributed by atoms with Crippen LogP contribution >= 0.6 is 0 Å². The largest absolute Gasteiger partial charge is 0.495 e. The number of nitrogens with two attached hydrogens (primary N) is 1. The van der Waals surface area contributed by atoms with Gasteiger partial charge in [-0.15, -0.1) is 0 Å². The molecular formula is C16H28N4O. The number of hydrogen-bond donors (Lipinski definition) is 3. The summed E-state index contributed by atoms with van der Waals surface area (Å²) >= 11 is 0. The van der Waals surface area contributed by atoms with Gasteiger partial charge in [0.2, 0.25) is 0 Å². The molecule has 0 spiro atoms. The van der Waals surface area contributed by atoms with Gasteiger partial charge in [0, 0.05) is 44.0 Å². The third-order valence-electron chi connectivity index (χ3n) is 4.21. The molecule has 1 aromatic rings. The number of benzene rings is 1. The van der Waals surface area contributed by atoms with Crippen molar-refractivity contribution in [1.29, 1.82) is 0 Å². The van der Waals surface area contributed by atoms with Crippen LogP contribution in [-0.2, 0) is 0 Å². The van der Waals surface area contributed by atoms with Crippen molar-refractivity contribution in [2.75, 3.05) is 51.0 Å². The van der Waals surface area contributed by atoms with Gasteiger partial charge in [0.15, 0.2) is 0 Å². The van der Waals surface area contributed by atoms with Crippen molar-refractivity contribution in [3.05, 3.63) is 17.7 Å². The molecule has 0 radical (unpaired) electrons. The average molecular weight is 292 g/mol. The van der Waals surface area contributed by atoms with Crippen LogP contribution in [0.3, 0.4) is 0 Å². The van der Waals surface area contributed by atoms with Crippen LogP contribution < -0.4 is 26.0 Å². The van der Waals surface area contributed by atoms with E-state index in [0.29, 0.717) is 6.04 Å². The number of ether oxygens (including phenoxy) is 1. The van der Waals surface area contributed by atoms with E-state index in [1.165, 1.54) is 0 Å². The summed E-state index contributed by atoms with van der Waals surface area (Å²) in [4.78, 5) is 2.40. The summed E-state index contributed by atoms with van der Waals surface area (Å²) in [6.07, 6.45) is 2.33. The first-order chi connectivity index (χ1) is 10.2. The number of nitrogen functional groups attached to an aromatic ring is 1. The number of piperidine rings is 1. The fraction of sp³-hybridized carbons (Fsp3) is 0.625. The molecule has 118 valence electrons. The lowest BCUT2D eigenvalue weighted by atomic mass is 10.0. The van der Waals surface area contributed by atoms with E-state index in [2.05, 4.69) is 21.6 Å². The van der Waals surface area contributed by atoms with Gasteiger partial charge in [-0.3, -0.25) is 0 Å². The normalized spacial score (nSPS) is 16.2. The molecule has 1 aliphatic heterocycles. The average Bonchev–Trinajstić information content (AvgIpc) is 2.50. The molecule has 0 aliphatic carbocycles. The van der Waals surface area contributed by atoms with Gasteiger partial charge in [-0.2, -0.15) is 0 Å². The fourth-order valence-corrected chi connectivity index (χ4v) is 2.82. The first kappa shape index (κ1) is 15.9. The van der Waals surface area contributed by atoms with Crippen molar-refractivity contribution in [3.8, 4) is 5.75 Å². The number of aryl methyl sites for hydroxylation is 1. The maximum absolute atomic E-state index is 5.97. The maximum atomic E-state index is 5.97. The third kappa shape index (κ3) is 4.02. The lowest BCUT2D eigenvalue weighted by Gasteiger charge is -2.35. The van der Waals surface area contributed by atoms with Crippen molar-refractivity contribution in [1.82, 2.24) is 10.6 Å². The SMILES string of the molecule is CNCCNC1CCN(c2cc(C)c(N)cc2OC)CC1. The Morgan fingerprint density at radius 3 is 2.62 bits per heavy atom. The summed E-state index contributed by atoms with van der Waals surface area (Å²) in [6, 6.07) is 4.70. The molecule has 2 rings (SSSR count). The number of hydrogen-bond acceptors (Lipinski definition) is 5. The standard InChI is InChI=1S/C16H28N4O/c1-12-10-15(16(21-3)11-14(12)17)20-8-4-13(5-9-20)19-7-6-18-2/h10-11,13,18-19H,4-9,17H2,1-3H3. The predicted molar refractivity (Wildman–Crippen MR) is 89.3 cm³/mol. The lowest BCUT2D eigenvalue weighted by Crippen LogP contribution is -2.44. The highest BCUT2D eigenvalue weighted by Gasteiger charge is 2.21. The second-order valence-corrected chi connectivity index (χ2v) is 5.70. The van der Waals surface area contributed by atoms with Crippen molar-refractivity contribution in [2.24, 2.45) is 0 Å². The van der Waals surface area contributed by atoms with Gasteiger partial charge in [-0.25, -0.2) is 0 Å². The van der Waals surface area contributed by atoms with E-state index >= 15 is 0 Å². The van der Waals surface area contributed by atoms with Crippen LogP contribution in [-0.4, -0.2) is 46.4 Å². The molecule has 0 saturated carbocycles. The maximum Gasteiger partial charge on any atom is 0.144 e. The van der Waals surface area contributed by atoms with E-state index in [-0.39, 0.29) is 0 Å². The number of likely N-dealkylation sites (N-methyl/N-ethyl adjacent to an activating group) is 1. The Labute approximate surface area is 127 Å². The highest BCUT2D eigenvalue weighted by molar-refractivity contribution is 5.67. The topological polar surface area (TPSA) is 62.5 Å². The molecule has 0 atom stereocenters. The molecule has 0 aromatic heterocycles. The van der Waals surface area contributed by atoms with Crippen molar-refractivity contribution < 1.29 is 4.74 Å². The summed E-state index contributed by atoms with van der Waals surface area (Å²) in [5.74, 6) is 0.875. The molecule has 21 heavy (non-hydrogen) atoms. The molecule has 0 amide bonds. The van der Waals surface area contributed by atoms with E-state index in [1.807, 2.05) is 20.0 Å². The van der Waals surface area contributed by atoms with E-state index < -0.39 is 0 Å². The van der Waals surface area contributed by atoms with Gasteiger partial charge in [0.1, 0.15) is 5.75 Å². The quantitative estimate of drug-likeness (QED) is 0.546. The Kier molecular flexibility index (Phi) is 5.70. The van der Waals surface area contributed by atoms with Gasteiger partial charge >= 0.3 is 0 Å². The minimum atomic E-state index is 0.621. The third-order valence-corrected chi connectivity index (χ3v) is 4.21. The molecule has 4 N–H and O–H groups in total. The molecular weight excluding hydrogens is 264 g/mol. The van der Waals surface area contributed by atoms with Gasteiger partial charge in [-0.05, 0) is 38.4 Å². The predicted octanol–water partition coefficient (Wildman–Crippen LogP) is 1.36. The van der Waals surface area contributed by atoms with E-state index in [4.69, 9.17) is 10.5 Å². The number of anilines is 2. The first-order valence-electron chi connectivity index (χ1n) is 7.72. The molecule has 0 unspecified atom stereocenters. The minimum Gasteiger partial charge on any atom is -0.495 e. The molecule has 1 aliphatic rings. The number of nitrogens with one attached hydrogen (secondary N) is 2. The fourth-order valence-electron chi connectivity index (χ4n) is 2.82. The van der Waals surface area contributed by atoms with Gasteiger partial charge in [-0.1, -0.05) is 0 Å². The van der Waals surface area contributed by atoms with Crippen LogP contribution in [0.25, 0.3) is 0 Å². The zero-order valence-electron chi connectivity index (χ0n) is 13.4. The molecule has 1 heterocycles. The smallest absolute Gasteiger partial charge is 0.144 e. The second kappa shape index (κ2) is 7.52.